The summed E-state index contributed by atoms with van der Waals surface area (Å²) < 4.78 is 45.5. The molecule has 0 aromatic carbocycles. The second-order valence-corrected chi connectivity index (χ2v) is 14.7. The summed E-state index contributed by atoms with van der Waals surface area (Å²) in [5.41, 5.74) is -1.37. The molecule has 0 aliphatic carbocycles. The number of ether oxygens (including phenoxy) is 4. The molecule has 6 atom stereocenters. The zero-order valence-electron chi connectivity index (χ0n) is 30.5. The first-order valence-electron chi connectivity index (χ1n) is 16.1. The molecule has 0 radical (unpaired) electrons. The highest BCUT2D eigenvalue weighted by Gasteiger charge is 2.49. The van der Waals surface area contributed by atoms with Gasteiger partial charge in [-0.25, -0.2) is 23.2 Å². The average Bonchev–Trinajstić information content (AvgIpc) is 3.44. The Morgan fingerprint density at radius 3 is 1.25 bits per heavy atom. The number of carbonyl (C=O) groups excluding carboxylic acids is 3. The SMILES string of the molecule is C.C.C.C.CC(C)(C)OC(=O)N1CC(O)C(F)C1.CC(C)(C)OC(=O)N1CC2OC2C1.CC(C)(C)OC(=O)N1CC=CC1.CO.Cl.OC1CNCC1F. The molecule has 0 bridgehead atoms. The number of aliphatic hydroxyl groups is 3. The third-order valence-corrected chi connectivity index (χ3v) is 6.59. The maximum Gasteiger partial charge on any atom is 0.410 e. The first-order valence-corrected chi connectivity index (χ1v) is 16.1. The molecule has 17 heteroatoms. The van der Waals surface area contributed by atoms with Crippen LogP contribution in [0.1, 0.15) is 92.0 Å². The van der Waals surface area contributed by atoms with Gasteiger partial charge in [0.1, 0.15) is 47.5 Å². The van der Waals surface area contributed by atoms with Crippen molar-refractivity contribution in [3.63, 3.8) is 0 Å². The van der Waals surface area contributed by atoms with E-state index in [1.54, 1.807) is 30.6 Å². The minimum atomic E-state index is -1.36. The Bertz CT molecular complexity index is 1020. The fourth-order valence-electron chi connectivity index (χ4n) is 4.29. The molecule has 14 nitrogen and oxygen atoms in total. The van der Waals surface area contributed by atoms with Gasteiger partial charge < -0.3 is 54.3 Å². The summed E-state index contributed by atoms with van der Waals surface area (Å²) in [5, 5.41) is 27.3. The number of hydrogen-bond donors (Lipinski definition) is 4. The molecule has 0 saturated carbocycles. The highest BCUT2D eigenvalue weighted by atomic mass is 35.5. The molecular weight excluding hydrogens is 722 g/mol. The Labute approximate surface area is 324 Å². The molecule has 3 amide bonds. The third kappa shape index (κ3) is 24.5. The number of β-amino-alcohol motifs (C(OH)–C–C–N with tert-alkyl or cyclic N) is 2. The molecule has 53 heavy (non-hydrogen) atoms. The molecule has 4 fully saturated rings. The Balaban J connectivity index is -0.000000188. The lowest BCUT2D eigenvalue weighted by atomic mass is 10.2. The Hall–Kier alpha value is -2.50. The van der Waals surface area contributed by atoms with Crippen molar-refractivity contribution in [3.05, 3.63) is 12.2 Å². The van der Waals surface area contributed by atoms with Gasteiger partial charge in [-0.15, -0.1) is 12.4 Å². The predicted molar refractivity (Wildman–Crippen MR) is 208 cm³/mol. The largest absolute Gasteiger partial charge is 0.444 e. The number of alkyl halides is 2. The van der Waals surface area contributed by atoms with Crippen molar-refractivity contribution in [2.24, 2.45) is 0 Å². The molecule has 4 saturated heterocycles. The number of epoxide rings is 1. The minimum Gasteiger partial charge on any atom is -0.444 e. The van der Waals surface area contributed by atoms with Crippen LogP contribution in [0.5, 0.6) is 0 Å². The van der Waals surface area contributed by atoms with Crippen LogP contribution in [0.3, 0.4) is 0 Å². The number of likely N-dealkylation sites (tertiary alicyclic amines) is 2. The van der Waals surface area contributed by atoms with Gasteiger partial charge in [0.15, 0.2) is 0 Å². The Morgan fingerprint density at radius 2 is 0.981 bits per heavy atom. The van der Waals surface area contributed by atoms with Gasteiger partial charge in [-0.05, 0) is 62.3 Å². The maximum absolute atomic E-state index is 12.9. The fourth-order valence-corrected chi connectivity index (χ4v) is 4.29. The quantitative estimate of drug-likeness (QED) is 0.137. The number of carbonyl (C=O) groups is 3. The standard InChI is InChI=1S/C9H16FNO3.C9H15NO3.C9H15NO2.C4H8FNO.CH4O.4CH4.ClH/c1-9(2,3)14-8(13)11-4-6(10)7(12)5-11;1-9(2,3)13-8(11)10-4-6-7(5-10)12-6;1-9(2,3)12-8(11)10-6-4-5-7-10;5-3-1-6-2-4(3)7;1-2;;;;;/h6-7,12H,4-5H2,1-3H3;6-7H,4-5H2,1-3H3;4-5H,6-7H2,1-3H3;3-4,6-7H,1-2H2;2H,1H3;4*1H4;1H. The van der Waals surface area contributed by atoms with Gasteiger partial charge in [-0.2, -0.15) is 0 Å². The molecule has 320 valence electrons. The predicted octanol–water partition coefficient (Wildman–Crippen LogP) is 5.60. The molecule has 0 aromatic heterocycles. The topological polar surface area (TPSA) is 174 Å². The molecular formula is C36H75ClF2N4O10. The van der Waals surface area contributed by atoms with Gasteiger partial charge >= 0.3 is 18.3 Å². The zero-order chi connectivity index (χ0) is 37.0. The number of rotatable bonds is 0. The van der Waals surface area contributed by atoms with Crippen LogP contribution in [-0.2, 0) is 18.9 Å². The van der Waals surface area contributed by atoms with Crippen molar-refractivity contribution in [1.82, 2.24) is 20.0 Å². The summed E-state index contributed by atoms with van der Waals surface area (Å²) >= 11 is 0. The first-order chi connectivity index (χ1) is 22.0. The highest BCUT2D eigenvalue weighted by Crippen LogP contribution is 2.31. The van der Waals surface area contributed by atoms with E-state index in [1.807, 2.05) is 53.7 Å². The normalized spacial score (nSPS) is 24.5. The van der Waals surface area contributed by atoms with E-state index in [4.69, 9.17) is 34.3 Å². The highest BCUT2D eigenvalue weighted by molar-refractivity contribution is 5.85. The monoisotopic (exact) mass is 797 g/mol. The van der Waals surface area contributed by atoms with Gasteiger partial charge in [-0.3, -0.25) is 0 Å². The van der Waals surface area contributed by atoms with Gasteiger partial charge in [0.2, 0.25) is 0 Å². The fraction of sp³-hybridized carbons (Fsp3) is 0.861. The van der Waals surface area contributed by atoms with Crippen molar-refractivity contribution in [2.75, 3.05) is 59.5 Å². The van der Waals surface area contributed by atoms with Crippen molar-refractivity contribution in [1.29, 1.82) is 0 Å². The molecule has 6 unspecified atom stereocenters. The van der Waals surface area contributed by atoms with Crippen LogP contribution < -0.4 is 5.32 Å². The average molecular weight is 797 g/mol. The van der Waals surface area contributed by atoms with Crippen molar-refractivity contribution >= 4 is 30.7 Å². The second kappa shape index (κ2) is 26.3. The smallest absolute Gasteiger partial charge is 0.410 e. The molecule has 5 heterocycles. The summed E-state index contributed by atoms with van der Waals surface area (Å²) in [7, 11) is 1.00. The summed E-state index contributed by atoms with van der Waals surface area (Å²) in [6, 6.07) is 0. The second-order valence-electron chi connectivity index (χ2n) is 14.7. The number of nitrogens with zero attached hydrogens (tertiary/aromatic N) is 3. The van der Waals surface area contributed by atoms with E-state index in [9.17, 15) is 23.2 Å². The van der Waals surface area contributed by atoms with Crippen LogP contribution in [0.2, 0.25) is 0 Å². The lowest BCUT2D eigenvalue weighted by molar-refractivity contribution is 0.0227. The van der Waals surface area contributed by atoms with Crippen LogP contribution in [0.4, 0.5) is 23.2 Å². The number of fused-ring (bicyclic) bond motifs is 1. The van der Waals surface area contributed by atoms with Crippen molar-refractivity contribution in [3.8, 4) is 0 Å². The Morgan fingerprint density at radius 1 is 0.623 bits per heavy atom. The number of morpholine rings is 1. The van der Waals surface area contributed by atoms with Gasteiger partial charge in [-0.1, -0.05) is 41.9 Å². The van der Waals surface area contributed by atoms with Gasteiger partial charge in [0.25, 0.3) is 0 Å². The number of aliphatic hydroxyl groups excluding tert-OH is 3. The van der Waals surface area contributed by atoms with Crippen LogP contribution in [0.25, 0.3) is 0 Å². The van der Waals surface area contributed by atoms with E-state index in [1.165, 1.54) is 4.90 Å². The number of hydrogen-bond acceptors (Lipinski definition) is 11. The summed E-state index contributed by atoms with van der Waals surface area (Å²) in [4.78, 5) is 38.7. The van der Waals surface area contributed by atoms with E-state index in [0.29, 0.717) is 39.3 Å². The molecule has 5 aliphatic rings. The molecule has 0 aromatic rings. The van der Waals surface area contributed by atoms with Crippen molar-refractivity contribution in [2.45, 2.75) is 146 Å². The van der Waals surface area contributed by atoms with Crippen LogP contribution in [0.15, 0.2) is 12.2 Å². The van der Waals surface area contributed by atoms with Crippen molar-refractivity contribution < 1.29 is 57.4 Å². The molecule has 0 spiro atoms. The summed E-state index contributed by atoms with van der Waals surface area (Å²) in [6.45, 7) is 19.8. The van der Waals surface area contributed by atoms with E-state index in [2.05, 4.69) is 5.32 Å². The van der Waals surface area contributed by atoms with Crippen LogP contribution >= 0.6 is 12.4 Å². The molecule has 4 N–H and O–H groups in total. The Kier molecular flexibility index (Phi) is 29.7. The van der Waals surface area contributed by atoms with Gasteiger partial charge in [0, 0.05) is 33.3 Å². The van der Waals surface area contributed by atoms with E-state index in [-0.39, 0.29) is 85.2 Å². The third-order valence-electron chi connectivity index (χ3n) is 6.59. The first kappa shape index (κ1) is 59.8. The number of nitrogens with one attached hydrogen (secondary N) is 1. The van der Waals surface area contributed by atoms with E-state index < -0.39 is 41.8 Å². The number of halogens is 3. The minimum absolute atomic E-state index is 0. The van der Waals surface area contributed by atoms with Crippen LogP contribution in [0, 0.1) is 0 Å². The zero-order valence-corrected chi connectivity index (χ0v) is 31.3. The lowest BCUT2D eigenvalue weighted by Gasteiger charge is -2.24. The van der Waals surface area contributed by atoms with Gasteiger partial charge in [0.05, 0.1) is 32.3 Å². The van der Waals surface area contributed by atoms with Crippen LogP contribution in [-0.4, -0.2) is 161 Å². The number of amides is 3. The van der Waals surface area contributed by atoms with E-state index in [0.717, 1.165) is 7.11 Å². The molecule has 5 aliphatic heterocycles. The maximum atomic E-state index is 12.9. The summed E-state index contributed by atoms with van der Waals surface area (Å²) in [5.74, 6) is 0. The summed E-state index contributed by atoms with van der Waals surface area (Å²) in [6.07, 6.45) is -0.772. The molecule has 5 rings (SSSR count). The lowest BCUT2D eigenvalue weighted by Crippen LogP contribution is -2.37. The van der Waals surface area contributed by atoms with E-state index >= 15 is 0 Å².